The Bertz CT molecular complexity index is 696. The summed E-state index contributed by atoms with van der Waals surface area (Å²) in [6.45, 7) is 3.86. The molecule has 2 aromatic carbocycles. The number of halogens is 1. The number of hydrogen-bond acceptors (Lipinski definition) is 2. The molecule has 0 saturated carbocycles. The van der Waals surface area contributed by atoms with Gasteiger partial charge in [-0.1, -0.05) is 17.7 Å². The first-order valence-corrected chi connectivity index (χ1v) is 6.86. The van der Waals surface area contributed by atoms with Crippen molar-refractivity contribution in [3.8, 4) is 0 Å². The molecule has 22 heavy (non-hydrogen) atoms. The molecule has 0 aliphatic heterocycles. The van der Waals surface area contributed by atoms with Crippen molar-refractivity contribution in [2.45, 2.75) is 20.3 Å². The van der Waals surface area contributed by atoms with E-state index >= 15 is 0 Å². The largest absolute Gasteiger partial charge is 0.326 e. The van der Waals surface area contributed by atoms with Crippen LogP contribution in [-0.2, 0) is 9.59 Å². The van der Waals surface area contributed by atoms with Gasteiger partial charge in [0.15, 0.2) is 0 Å². The predicted molar refractivity (Wildman–Crippen MR) is 84.2 cm³/mol. The van der Waals surface area contributed by atoms with Gasteiger partial charge in [-0.15, -0.1) is 0 Å². The van der Waals surface area contributed by atoms with Crippen molar-refractivity contribution in [2.75, 3.05) is 10.6 Å². The standard InChI is InChI=1S/C17H17FN2O2/c1-11-3-8-15(12(2)9-11)20-17(22)10-16(21)19-14-6-4-13(18)5-7-14/h3-9H,10H2,1-2H3,(H,19,21)(H,20,22). The summed E-state index contributed by atoms with van der Waals surface area (Å²) in [4.78, 5) is 23.6. The molecule has 0 fully saturated rings. The van der Waals surface area contributed by atoms with Gasteiger partial charge in [0.1, 0.15) is 12.2 Å². The zero-order valence-corrected chi connectivity index (χ0v) is 12.4. The second kappa shape index (κ2) is 6.85. The van der Waals surface area contributed by atoms with E-state index in [-0.39, 0.29) is 12.2 Å². The molecule has 0 atom stereocenters. The Morgan fingerprint density at radius 1 is 0.955 bits per heavy atom. The second-order valence-electron chi connectivity index (χ2n) is 5.10. The minimum atomic E-state index is -0.450. The molecule has 2 aromatic rings. The maximum Gasteiger partial charge on any atom is 0.233 e. The average Bonchev–Trinajstić information content (AvgIpc) is 2.44. The first kappa shape index (κ1) is 15.7. The van der Waals surface area contributed by atoms with Crippen molar-refractivity contribution < 1.29 is 14.0 Å². The summed E-state index contributed by atoms with van der Waals surface area (Å²) in [5.41, 5.74) is 3.17. The first-order chi connectivity index (χ1) is 10.4. The molecular weight excluding hydrogens is 283 g/mol. The molecule has 0 aliphatic rings. The van der Waals surface area contributed by atoms with E-state index in [0.717, 1.165) is 11.1 Å². The number of rotatable bonds is 4. The molecule has 0 aromatic heterocycles. The van der Waals surface area contributed by atoms with Gasteiger partial charge < -0.3 is 10.6 Å². The normalized spacial score (nSPS) is 10.1. The van der Waals surface area contributed by atoms with Gasteiger partial charge in [0.2, 0.25) is 11.8 Å². The quantitative estimate of drug-likeness (QED) is 0.850. The first-order valence-electron chi connectivity index (χ1n) is 6.86. The molecule has 114 valence electrons. The van der Waals surface area contributed by atoms with Crippen LogP contribution in [0.4, 0.5) is 15.8 Å². The third kappa shape index (κ3) is 4.41. The summed E-state index contributed by atoms with van der Waals surface area (Å²) in [7, 11) is 0. The van der Waals surface area contributed by atoms with Crippen molar-refractivity contribution >= 4 is 23.2 Å². The van der Waals surface area contributed by atoms with Gasteiger partial charge in [-0.2, -0.15) is 0 Å². The smallest absolute Gasteiger partial charge is 0.233 e. The summed E-state index contributed by atoms with van der Waals surface area (Å²) in [6.07, 6.45) is -0.301. The topological polar surface area (TPSA) is 58.2 Å². The van der Waals surface area contributed by atoms with Crippen molar-refractivity contribution in [2.24, 2.45) is 0 Å². The number of hydrogen-bond donors (Lipinski definition) is 2. The van der Waals surface area contributed by atoms with E-state index in [1.165, 1.54) is 24.3 Å². The predicted octanol–water partition coefficient (Wildman–Crippen LogP) is 3.41. The molecule has 0 aliphatic carbocycles. The van der Waals surface area contributed by atoms with E-state index in [0.29, 0.717) is 11.4 Å². The van der Waals surface area contributed by atoms with Gasteiger partial charge in [0, 0.05) is 11.4 Å². The zero-order chi connectivity index (χ0) is 16.1. The summed E-state index contributed by atoms with van der Waals surface area (Å²) >= 11 is 0. The van der Waals surface area contributed by atoms with E-state index in [9.17, 15) is 14.0 Å². The average molecular weight is 300 g/mol. The molecular formula is C17H17FN2O2. The molecule has 0 spiro atoms. The highest BCUT2D eigenvalue weighted by Crippen LogP contribution is 2.16. The minimum absolute atomic E-state index is 0.301. The Morgan fingerprint density at radius 3 is 2.23 bits per heavy atom. The molecule has 0 saturated heterocycles. The van der Waals surface area contributed by atoms with Crippen LogP contribution < -0.4 is 10.6 Å². The van der Waals surface area contributed by atoms with Crippen LogP contribution in [0.25, 0.3) is 0 Å². The molecule has 0 radical (unpaired) electrons. The fourth-order valence-corrected chi connectivity index (χ4v) is 2.03. The van der Waals surface area contributed by atoms with E-state index in [1.54, 1.807) is 6.07 Å². The van der Waals surface area contributed by atoms with Gasteiger partial charge >= 0.3 is 0 Å². The van der Waals surface area contributed by atoms with Crippen molar-refractivity contribution in [3.63, 3.8) is 0 Å². The lowest BCUT2D eigenvalue weighted by Gasteiger charge is -2.09. The third-order valence-corrected chi connectivity index (χ3v) is 3.11. The van der Waals surface area contributed by atoms with Gasteiger partial charge in [-0.05, 0) is 49.7 Å². The van der Waals surface area contributed by atoms with Crippen LogP contribution in [0.3, 0.4) is 0 Å². The van der Waals surface area contributed by atoms with Crippen LogP contribution in [0.2, 0.25) is 0 Å². The molecule has 2 N–H and O–H groups in total. The number of aryl methyl sites for hydroxylation is 2. The number of benzene rings is 2. The van der Waals surface area contributed by atoms with E-state index < -0.39 is 11.8 Å². The fourth-order valence-electron chi connectivity index (χ4n) is 2.03. The monoisotopic (exact) mass is 300 g/mol. The minimum Gasteiger partial charge on any atom is -0.326 e. The SMILES string of the molecule is Cc1ccc(NC(=O)CC(=O)Nc2ccc(F)cc2)c(C)c1. The van der Waals surface area contributed by atoms with Crippen LogP contribution in [0.1, 0.15) is 17.5 Å². The van der Waals surface area contributed by atoms with E-state index in [4.69, 9.17) is 0 Å². The van der Waals surface area contributed by atoms with Crippen molar-refractivity contribution in [1.82, 2.24) is 0 Å². The molecule has 5 heteroatoms. The van der Waals surface area contributed by atoms with Gasteiger partial charge in [0.05, 0.1) is 0 Å². The second-order valence-corrected chi connectivity index (χ2v) is 5.10. The van der Waals surface area contributed by atoms with Crippen LogP contribution in [0, 0.1) is 19.7 Å². The number of nitrogens with one attached hydrogen (secondary N) is 2. The molecule has 0 bridgehead atoms. The summed E-state index contributed by atoms with van der Waals surface area (Å²) in [5.74, 6) is -1.23. The van der Waals surface area contributed by atoms with Gasteiger partial charge in [0.25, 0.3) is 0 Å². The third-order valence-electron chi connectivity index (χ3n) is 3.11. The van der Waals surface area contributed by atoms with Gasteiger partial charge in [-0.25, -0.2) is 4.39 Å². The summed E-state index contributed by atoms with van der Waals surface area (Å²) in [6, 6.07) is 11.0. The maximum absolute atomic E-state index is 12.8. The van der Waals surface area contributed by atoms with Crippen LogP contribution in [0.15, 0.2) is 42.5 Å². The Kier molecular flexibility index (Phi) is 4.88. The highest BCUT2D eigenvalue weighted by Gasteiger charge is 2.11. The lowest BCUT2D eigenvalue weighted by molar-refractivity contribution is -0.123. The number of carbonyl (C=O) groups is 2. The van der Waals surface area contributed by atoms with E-state index in [2.05, 4.69) is 10.6 Å². The number of carbonyl (C=O) groups excluding carboxylic acids is 2. The Balaban J connectivity index is 1.91. The highest BCUT2D eigenvalue weighted by molar-refractivity contribution is 6.08. The van der Waals surface area contributed by atoms with Gasteiger partial charge in [-0.3, -0.25) is 9.59 Å². The lowest BCUT2D eigenvalue weighted by atomic mass is 10.1. The van der Waals surface area contributed by atoms with Crippen LogP contribution in [-0.4, -0.2) is 11.8 Å². The summed E-state index contributed by atoms with van der Waals surface area (Å²) < 4.78 is 12.8. The Labute approximate surface area is 128 Å². The van der Waals surface area contributed by atoms with E-state index in [1.807, 2.05) is 26.0 Å². The molecule has 2 rings (SSSR count). The van der Waals surface area contributed by atoms with Crippen molar-refractivity contribution in [3.05, 3.63) is 59.4 Å². The molecule has 0 unspecified atom stereocenters. The number of anilines is 2. The van der Waals surface area contributed by atoms with Crippen LogP contribution in [0.5, 0.6) is 0 Å². The Hall–Kier alpha value is -2.69. The molecule has 2 amide bonds. The Morgan fingerprint density at radius 2 is 1.59 bits per heavy atom. The lowest BCUT2D eigenvalue weighted by Crippen LogP contribution is -2.21. The van der Waals surface area contributed by atoms with Crippen molar-refractivity contribution in [1.29, 1.82) is 0 Å². The fraction of sp³-hybridized carbons (Fsp3) is 0.176. The van der Waals surface area contributed by atoms with Crippen LogP contribution >= 0.6 is 0 Å². The number of amides is 2. The molecule has 4 nitrogen and oxygen atoms in total. The maximum atomic E-state index is 12.8. The zero-order valence-electron chi connectivity index (χ0n) is 12.4. The highest BCUT2D eigenvalue weighted by atomic mass is 19.1. The molecule has 0 heterocycles. The summed E-state index contributed by atoms with van der Waals surface area (Å²) in [5, 5.41) is 5.25.